The topological polar surface area (TPSA) is 66.9 Å². The van der Waals surface area contributed by atoms with Gasteiger partial charge in [-0.1, -0.05) is 19.1 Å². The molecule has 0 aliphatic rings. The van der Waals surface area contributed by atoms with E-state index in [9.17, 15) is 14.0 Å². The van der Waals surface area contributed by atoms with E-state index in [1.54, 1.807) is 12.1 Å². The Labute approximate surface area is 121 Å². The predicted octanol–water partition coefficient (Wildman–Crippen LogP) is 2.26. The van der Waals surface area contributed by atoms with Gasteiger partial charge >= 0.3 is 5.69 Å². The van der Waals surface area contributed by atoms with Gasteiger partial charge in [-0.05, 0) is 31.0 Å². The number of benzene rings is 1. The number of H-pyrrole nitrogens is 1. The number of halogens is 1. The molecule has 1 atom stereocenters. The Balaban J connectivity index is 2.22. The Morgan fingerprint density at radius 3 is 2.52 bits per heavy atom. The van der Waals surface area contributed by atoms with Crippen molar-refractivity contribution in [2.45, 2.75) is 32.9 Å². The van der Waals surface area contributed by atoms with Crippen molar-refractivity contribution in [3.8, 4) is 0 Å². The van der Waals surface area contributed by atoms with E-state index >= 15 is 0 Å². The van der Waals surface area contributed by atoms with Crippen molar-refractivity contribution in [3.05, 3.63) is 62.6 Å². The van der Waals surface area contributed by atoms with Crippen LogP contribution in [0.15, 0.2) is 39.9 Å². The first-order valence-corrected chi connectivity index (χ1v) is 6.87. The van der Waals surface area contributed by atoms with Gasteiger partial charge in [0, 0.05) is 18.7 Å². The third-order valence-electron chi connectivity index (χ3n) is 3.21. The van der Waals surface area contributed by atoms with Crippen LogP contribution in [-0.2, 0) is 6.54 Å². The van der Waals surface area contributed by atoms with E-state index < -0.39 is 5.69 Å². The van der Waals surface area contributed by atoms with Crippen LogP contribution >= 0.6 is 0 Å². The second kappa shape index (κ2) is 6.39. The number of nitrogens with one attached hydrogen (secondary N) is 2. The number of hydrogen-bond donors (Lipinski definition) is 2. The van der Waals surface area contributed by atoms with Crippen molar-refractivity contribution in [3.63, 3.8) is 0 Å². The highest BCUT2D eigenvalue weighted by Gasteiger charge is 2.08. The summed E-state index contributed by atoms with van der Waals surface area (Å²) in [6.45, 7) is 4.15. The minimum atomic E-state index is -0.432. The molecule has 5 nitrogen and oxygen atoms in total. The second-order valence-corrected chi connectivity index (χ2v) is 4.90. The van der Waals surface area contributed by atoms with Gasteiger partial charge in [0.05, 0.1) is 0 Å². The van der Waals surface area contributed by atoms with Gasteiger partial charge in [-0.2, -0.15) is 0 Å². The maximum absolute atomic E-state index is 12.9. The zero-order valence-corrected chi connectivity index (χ0v) is 12.0. The number of aromatic amines is 1. The summed E-state index contributed by atoms with van der Waals surface area (Å²) >= 11 is 0. The molecule has 0 amide bonds. The summed E-state index contributed by atoms with van der Waals surface area (Å²) in [4.78, 5) is 26.3. The van der Waals surface area contributed by atoms with Gasteiger partial charge in [0.15, 0.2) is 0 Å². The first-order valence-electron chi connectivity index (χ1n) is 6.87. The fourth-order valence-corrected chi connectivity index (χ4v) is 2.10. The normalized spacial score (nSPS) is 12.1. The van der Waals surface area contributed by atoms with E-state index in [0.717, 1.165) is 10.1 Å². The van der Waals surface area contributed by atoms with E-state index in [0.29, 0.717) is 18.8 Å². The quantitative estimate of drug-likeness (QED) is 0.888. The summed E-state index contributed by atoms with van der Waals surface area (Å²) in [7, 11) is 0. The Kier molecular flexibility index (Phi) is 4.57. The molecule has 0 radical (unpaired) electrons. The van der Waals surface area contributed by atoms with Crippen molar-refractivity contribution in [2.24, 2.45) is 0 Å². The Morgan fingerprint density at radius 1 is 1.29 bits per heavy atom. The molecule has 0 saturated carbocycles. The SMILES string of the molecule is CCCn1c(=O)cc(N[C@@H](C)c2ccc(F)cc2)[nH]c1=O. The van der Waals surface area contributed by atoms with Gasteiger partial charge in [-0.15, -0.1) is 0 Å². The van der Waals surface area contributed by atoms with Crippen LogP contribution < -0.4 is 16.6 Å². The molecule has 6 heteroatoms. The zero-order chi connectivity index (χ0) is 15.4. The summed E-state index contributed by atoms with van der Waals surface area (Å²) in [6.07, 6.45) is 0.710. The van der Waals surface area contributed by atoms with E-state index in [1.807, 2.05) is 13.8 Å². The summed E-state index contributed by atoms with van der Waals surface area (Å²) < 4.78 is 14.0. The van der Waals surface area contributed by atoms with Crippen LogP contribution in [0.1, 0.15) is 31.9 Å². The van der Waals surface area contributed by atoms with Gasteiger partial charge in [0.1, 0.15) is 11.6 Å². The molecule has 0 spiro atoms. The molecule has 1 heterocycles. The Morgan fingerprint density at radius 2 is 1.95 bits per heavy atom. The summed E-state index contributed by atoms with van der Waals surface area (Å²) in [5, 5.41) is 3.04. The molecular formula is C15H18FN3O2. The smallest absolute Gasteiger partial charge is 0.329 e. The first-order chi connectivity index (χ1) is 10.0. The highest BCUT2D eigenvalue weighted by atomic mass is 19.1. The molecule has 0 aliphatic heterocycles. The lowest BCUT2D eigenvalue weighted by molar-refractivity contribution is 0.615. The average molecular weight is 291 g/mol. The lowest BCUT2D eigenvalue weighted by Crippen LogP contribution is -2.35. The molecule has 0 aliphatic carbocycles. The fraction of sp³-hybridized carbons (Fsp3) is 0.333. The molecule has 1 aromatic carbocycles. The number of anilines is 1. The van der Waals surface area contributed by atoms with Gasteiger partial charge in [0.2, 0.25) is 0 Å². The fourth-order valence-electron chi connectivity index (χ4n) is 2.10. The molecule has 2 N–H and O–H groups in total. The van der Waals surface area contributed by atoms with Crippen molar-refractivity contribution in [1.82, 2.24) is 9.55 Å². The predicted molar refractivity (Wildman–Crippen MR) is 80.1 cm³/mol. The van der Waals surface area contributed by atoms with Gasteiger partial charge in [-0.25, -0.2) is 9.18 Å². The monoisotopic (exact) mass is 291 g/mol. The van der Waals surface area contributed by atoms with Gasteiger partial charge < -0.3 is 5.32 Å². The van der Waals surface area contributed by atoms with E-state index in [2.05, 4.69) is 10.3 Å². The molecule has 21 heavy (non-hydrogen) atoms. The van der Waals surface area contributed by atoms with E-state index in [-0.39, 0.29) is 17.4 Å². The highest BCUT2D eigenvalue weighted by Crippen LogP contribution is 2.16. The molecule has 0 unspecified atom stereocenters. The molecule has 112 valence electrons. The molecule has 1 aromatic heterocycles. The minimum Gasteiger partial charge on any atom is -0.365 e. The maximum atomic E-state index is 12.9. The zero-order valence-electron chi connectivity index (χ0n) is 12.0. The van der Waals surface area contributed by atoms with Crippen LogP contribution in [-0.4, -0.2) is 9.55 Å². The van der Waals surface area contributed by atoms with Crippen molar-refractivity contribution in [1.29, 1.82) is 0 Å². The summed E-state index contributed by atoms with van der Waals surface area (Å²) in [5.74, 6) is 0.0516. The maximum Gasteiger partial charge on any atom is 0.329 e. The van der Waals surface area contributed by atoms with Crippen LogP contribution in [0.25, 0.3) is 0 Å². The molecule has 0 saturated heterocycles. The van der Waals surface area contributed by atoms with E-state index in [4.69, 9.17) is 0 Å². The third kappa shape index (κ3) is 3.59. The number of hydrogen-bond acceptors (Lipinski definition) is 3. The average Bonchev–Trinajstić information content (AvgIpc) is 2.43. The van der Waals surface area contributed by atoms with Crippen molar-refractivity contribution < 1.29 is 4.39 Å². The molecule has 2 aromatic rings. The molecular weight excluding hydrogens is 273 g/mol. The second-order valence-electron chi connectivity index (χ2n) is 4.90. The molecule has 2 rings (SSSR count). The standard InChI is InChI=1S/C15H18FN3O2/c1-3-8-19-14(20)9-13(18-15(19)21)17-10(2)11-4-6-12(16)7-5-11/h4-7,9-10,17H,3,8H2,1-2H3,(H,18,21)/t10-/m0/s1. The Bertz CT molecular complexity index is 688. The number of aromatic nitrogens is 2. The number of nitrogens with zero attached hydrogens (tertiary/aromatic N) is 1. The minimum absolute atomic E-state index is 0.164. The lowest BCUT2D eigenvalue weighted by Gasteiger charge is -2.15. The summed E-state index contributed by atoms with van der Waals surface area (Å²) in [5.41, 5.74) is 0.0857. The van der Waals surface area contributed by atoms with Gasteiger partial charge in [-0.3, -0.25) is 14.3 Å². The lowest BCUT2D eigenvalue weighted by atomic mass is 10.1. The van der Waals surface area contributed by atoms with Crippen LogP contribution in [0.4, 0.5) is 10.2 Å². The Hall–Kier alpha value is -2.37. The molecule has 0 fully saturated rings. The largest absolute Gasteiger partial charge is 0.365 e. The third-order valence-corrected chi connectivity index (χ3v) is 3.21. The van der Waals surface area contributed by atoms with Crippen molar-refractivity contribution in [2.75, 3.05) is 5.32 Å². The van der Waals surface area contributed by atoms with Crippen LogP contribution in [0.3, 0.4) is 0 Å². The number of rotatable bonds is 5. The summed E-state index contributed by atoms with van der Waals surface area (Å²) in [6, 6.07) is 7.25. The van der Waals surface area contributed by atoms with Crippen LogP contribution in [0.2, 0.25) is 0 Å². The van der Waals surface area contributed by atoms with Crippen molar-refractivity contribution >= 4 is 5.82 Å². The highest BCUT2D eigenvalue weighted by molar-refractivity contribution is 5.36. The first kappa shape index (κ1) is 15.0. The van der Waals surface area contributed by atoms with E-state index in [1.165, 1.54) is 18.2 Å². The molecule has 0 bridgehead atoms. The van der Waals surface area contributed by atoms with Gasteiger partial charge in [0.25, 0.3) is 5.56 Å². The van der Waals surface area contributed by atoms with Crippen LogP contribution in [0, 0.1) is 5.82 Å². The van der Waals surface area contributed by atoms with Crippen LogP contribution in [0.5, 0.6) is 0 Å².